The zero-order valence-electron chi connectivity index (χ0n) is 18.9. The van der Waals surface area contributed by atoms with Crippen molar-refractivity contribution in [3.05, 3.63) is 99.1 Å². The first-order valence-electron chi connectivity index (χ1n) is 11.7. The molecule has 3 aromatic rings. The van der Waals surface area contributed by atoms with Gasteiger partial charge in [0.2, 0.25) is 0 Å². The minimum Gasteiger partial charge on any atom is -0.506 e. The monoisotopic (exact) mass is 460 g/mol. The average Bonchev–Trinajstić information content (AvgIpc) is 2.96. The van der Waals surface area contributed by atoms with Crippen LogP contribution in [0.2, 0.25) is 5.02 Å². The number of nitrogens with zero attached hydrogens (tertiary/aromatic N) is 1. The van der Waals surface area contributed by atoms with Crippen LogP contribution < -0.4 is 5.32 Å². The summed E-state index contributed by atoms with van der Waals surface area (Å²) in [5.41, 5.74) is 6.62. The van der Waals surface area contributed by atoms with Gasteiger partial charge in [-0.15, -0.1) is 0 Å². The van der Waals surface area contributed by atoms with Crippen LogP contribution >= 0.6 is 11.6 Å². The van der Waals surface area contributed by atoms with Crippen molar-refractivity contribution in [2.75, 3.05) is 20.1 Å². The average molecular weight is 461 g/mol. The van der Waals surface area contributed by atoms with Crippen LogP contribution in [0.3, 0.4) is 0 Å². The SMILES string of the molecule is CN1CCc2cc(Cl)c(O)cc2C2c3cccc(C(=O)NCCc4ccccc4)c3CCC21. The maximum Gasteiger partial charge on any atom is 0.251 e. The number of fused-ring (bicyclic) bond motifs is 5. The smallest absolute Gasteiger partial charge is 0.251 e. The van der Waals surface area contributed by atoms with Gasteiger partial charge in [-0.2, -0.15) is 0 Å². The maximum absolute atomic E-state index is 13.2. The molecule has 1 heterocycles. The van der Waals surface area contributed by atoms with Crippen LogP contribution in [0.5, 0.6) is 5.75 Å². The Kier molecular flexibility index (Phi) is 6.13. The van der Waals surface area contributed by atoms with Gasteiger partial charge in [0.15, 0.2) is 0 Å². The van der Waals surface area contributed by atoms with Gasteiger partial charge in [-0.05, 0) is 78.7 Å². The highest BCUT2D eigenvalue weighted by atomic mass is 35.5. The van der Waals surface area contributed by atoms with E-state index in [9.17, 15) is 9.90 Å². The van der Waals surface area contributed by atoms with E-state index in [0.29, 0.717) is 17.6 Å². The number of halogens is 1. The first-order valence-corrected chi connectivity index (χ1v) is 12.1. The Morgan fingerprint density at radius 1 is 1.09 bits per heavy atom. The number of aromatic hydroxyl groups is 1. The summed E-state index contributed by atoms with van der Waals surface area (Å²) < 4.78 is 0. The molecule has 2 aliphatic rings. The minimum atomic E-state index is -0.0117. The van der Waals surface area contributed by atoms with Crippen molar-refractivity contribution in [2.45, 2.75) is 37.6 Å². The quantitative estimate of drug-likeness (QED) is 0.579. The summed E-state index contributed by atoms with van der Waals surface area (Å²) in [5, 5.41) is 13.9. The second-order valence-corrected chi connectivity index (χ2v) is 9.59. The molecule has 3 aromatic carbocycles. The molecule has 1 aliphatic carbocycles. The van der Waals surface area contributed by atoms with Crippen molar-refractivity contribution >= 4 is 17.5 Å². The zero-order chi connectivity index (χ0) is 22.9. The largest absolute Gasteiger partial charge is 0.506 e. The molecule has 33 heavy (non-hydrogen) atoms. The number of benzene rings is 3. The van der Waals surface area contributed by atoms with Crippen LogP contribution in [-0.2, 0) is 19.3 Å². The topological polar surface area (TPSA) is 52.6 Å². The van der Waals surface area contributed by atoms with Crippen molar-refractivity contribution in [3.8, 4) is 5.75 Å². The number of phenols is 1. The van der Waals surface area contributed by atoms with E-state index >= 15 is 0 Å². The molecular weight excluding hydrogens is 432 g/mol. The molecule has 5 heteroatoms. The maximum atomic E-state index is 13.2. The van der Waals surface area contributed by atoms with E-state index in [1.807, 2.05) is 42.5 Å². The number of phenolic OH excluding ortho intramolecular Hbond substituents is 1. The Bertz CT molecular complexity index is 1180. The van der Waals surface area contributed by atoms with E-state index in [1.165, 1.54) is 16.7 Å². The molecule has 4 nitrogen and oxygen atoms in total. The second-order valence-electron chi connectivity index (χ2n) is 9.18. The number of rotatable bonds is 4. The predicted molar refractivity (Wildman–Crippen MR) is 132 cm³/mol. The summed E-state index contributed by atoms with van der Waals surface area (Å²) in [7, 11) is 2.18. The van der Waals surface area contributed by atoms with Crippen LogP contribution in [0, 0.1) is 0 Å². The van der Waals surface area contributed by atoms with Crippen LogP contribution in [0.15, 0.2) is 60.7 Å². The molecule has 2 atom stereocenters. The van der Waals surface area contributed by atoms with Crippen LogP contribution in [0.25, 0.3) is 0 Å². The van der Waals surface area contributed by atoms with Gasteiger partial charge < -0.3 is 15.3 Å². The second kappa shape index (κ2) is 9.20. The molecule has 0 saturated carbocycles. The van der Waals surface area contributed by atoms with E-state index in [-0.39, 0.29) is 17.6 Å². The van der Waals surface area contributed by atoms with Crippen LogP contribution in [0.1, 0.15) is 50.5 Å². The van der Waals surface area contributed by atoms with E-state index < -0.39 is 0 Å². The van der Waals surface area contributed by atoms with E-state index in [1.54, 1.807) is 0 Å². The van der Waals surface area contributed by atoms with Gasteiger partial charge >= 0.3 is 0 Å². The summed E-state index contributed by atoms with van der Waals surface area (Å²) in [6, 6.07) is 20.4. The first-order chi connectivity index (χ1) is 16.0. The number of carbonyl (C=O) groups excluding carboxylic acids is 1. The molecule has 170 valence electrons. The van der Waals surface area contributed by atoms with Gasteiger partial charge in [0.25, 0.3) is 5.91 Å². The highest BCUT2D eigenvalue weighted by Gasteiger charge is 2.38. The number of nitrogens with one attached hydrogen (secondary N) is 1. The number of amides is 1. The third-order valence-electron chi connectivity index (χ3n) is 7.25. The van der Waals surface area contributed by atoms with Gasteiger partial charge in [-0.1, -0.05) is 54.1 Å². The molecule has 0 bridgehead atoms. The van der Waals surface area contributed by atoms with Gasteiger partial charge in [0, 0.05) is 30.6 Å². The summed E-state index contributed by atoms with van der Waals surface area (Å²) in [5.74, 6) is 0.222. The Hall–Kier alpha value is -2.82. The number of carbonyl (C=O) groups is 1. The molecule has 0 saturated heterocycles. The molecule has 2 N–H and O–H groups in total. The van der Waals surface area contributed by atoms with Crippen LogP contribution in [-0.4, -0.2) is 42.1 Å². The summed E-state index contributed by atoms with van der Waals surface area (Å²) >= 11 is 6.25. The van der Waals surface area contributed by atoms with Gasteiger partial charge in [-0.3, -0.25) is 4.79 Å². The van der Waals surface area contributed by atoms with Crippen molar-refractivity contribution in [1.29, 1.82) is 0 Å². The lowest BCUT2D eigenvalue weighted by atomic mass is 9.73. The van der Waals surface area contributed by atoms with Gasteiger partial charge in [0.1, 0.15) is 5.75 Å². The third-order valence-corrected chi connectivity index (χ3v) is 7.56. The van der Waals surface area contributed by atoms with E-state index in [4.69, 9.17) is 11.6 Å². The minimum absolute atomic E-state index is 0.0117. The predicted octanol–water partition coefficient (Wildman–Crippen LogP) is 4.95. The lowest BCUT2D eigenvalue weighted by Gasteiger charge is -2.38. The highest BCUT2D eigenvalue weighted by Crippen LogP contribution is 2.45. The molecule has 0 spiro atoms. The molecule has 2 unspecified atom stereocenters. The Labute approximate surface area is 200 Å². The lowest BCUT2D eigenvalue weighted by Crippen LogP contribution is -2.40. The number of hydrogen-bond donors (Lipinski definition) is 2. The normalized spacial score (nSPS) is 19.7. The van der Waals surface area contributed by atoms with Crippen molar-refractivity contribution in [2.24, 2.45) is 0 Å². The fourth-order valence-electron chi connectivity index (χ4n) is 5.55. The first kappa shape index (κ1) is 22.0. The van der Waals surface area contributed by atoms with Crippen molar-refractivity contribution in [1.82, 2.24) is 10.2 Å². The molecule has 5 rings (SSSR count). The number of hydrogen-bond acceptors (Lipinski definition) is 3. The Balaban J connectivity index is 1.46. The molecule has 0 aromatic heterocycles. The van der Waals surface area contributed by atoms with Gasteiger partial charge in [0.05, 0.1) is 5.02 Å². The Morgan fingerprint density at radius 3 is 2.73 bits per heavy atom. The van der Waals surface area contributed by atoms with Crippen LogP contribution in [0.4, 0.5) is 0 Å². The molecular formula is C28H29ClN2O2. The summed E-state index contributed by atoms with van der Waals surface area (Å²) in [6.45, 7) is 1.56. The Morgan fingerprint density at radius 2 is 1.91 bits per heavy atom. The highest BCUT2D eigenvalue weighted by molar-refractivity contribution is 6.32. The summed E-state index contributed by atoms with van der Waals surface area (Å²) in [6.07, 6.45) is 3.56. The van der Waals surface area contributed by atoms with Gasteiger partial charge in [-0.25, -0.2) is 0 Å². The molecule has 1 amide bonds. The fraction of sp³-hybridized carbons (Fsp3) is 0.321. The standard InChI is InChI=1S/C28H29ClN2O2/c1-31-15-13-19-16-24(29)26(32)17-23(19)27-21-8-5-9-22(20(21)10-11-25(27)31)28(33)30-14-12-18-6-3-2-4-7-18/h2-9,16-17,25,27,32H,10-15H2,1H3,(H,30,33). The zero-order valence-corrected chi connectivity index (χ0v) is 19.6. The summed E-state index contributed by atoms with van der Waals surface area (Å²) in [4.78, 5) is 15.6. The molecule has 0 fully saturated rings. The number of likely N-dealkylation sites (N-methyl/N-ethyl adjacent to an activating group) is 1. The van der Waals surface area contributed by atoms with E-state index in [0.717, 1.165) is 48.9 Å². The molecule has 1 aliphatic heterocycles. The molecule has 0 radical (unpaired) electrons. The fourth-order valence-corrected chi connectivity index (χ4v) is 5.74. The van der Waals surface area contributed by atoms with E-state index in [2.05, 4.69) is 35.5 Å². The van der Waals surface area contributed by atoms with Crippen molar-refractivity contribution < 1.29 is 9.90 Å². The third kappa shape index (κ3) is 4.25. The van der Waals surface area contributed by atoms with Crippen molar-refractivity contribution in [3.63, 3.8) is 0 Å². The lowest BCUT2D eigenvalue weighted by molar-refractivity contribution is 0.0952.